The first-order valence-corrected chi connectivity index (χ1v) is 6.43. The van der Waals surface area contributed by atoms with E-state index in [2.05, 4.69) is 4.36 Å². The molecule has 0 spiro atoms. The Morgan fingerprint density at radius 3 is 2.21 bits per heavy atom. The fourth-order valence-corrected chi connectivity index (χ4v) is 2.11. The maximum absolute atomic E-state index is 5.96. The molecule has 1 aromatic rings. The lowest BCUT2D eigenvalue weighted by Gasteiger charge is -2.32. The van der Waals surface area contributed by atoms with Crippen LogP contribution in [0.15, 0.2) is 16.5 Å². The molecule has 0 saturated carbocycles. The van der Waals surface area contributed by atoms with E-state index in [1.807, 2.05) is 27.7 Å². The first-order chi connectivity index (χ1) is 8.69. The molecule has 0 amide bonds. The second kappa shape index (κ2) is 4.58. The van der Waals surface area contributed by atoms with Gasteiger partial charge in [0.1, 0.15) is 7.85 Å². The molecule has 2 radical (unpaired) electrons. The summed E-state index contributed by atoms with van der Waals surface area (Å²) < 4.78 is 15.7. The highest BCUT2D eigenvalue weighted by Crippen LogP contribution is 2.37. The molecular weight excluding hydrogens is 258 g/mol. The van der Waals surface area contributed by atoms with E-state index in [4.69, 9.17) is 35.3 Å². The zero-order valence-corrected chi connectivity index (χ0v) is 12.4. The van der Waals surface area contributed by atoms with Crippen LogP contribution in [0.25, 0.3) is 0 Å². The van der Waals surface area contributed by atoms with Gasteiger partial charge >= 0.3 is 7.12 Å². The van der Waals surface area contributed by atoms with Crippen LogP contribution in [0, 0.1) is 0 Å². The molecule has 1 aliphatic heterocycles. The summed E-state index contributed by atoms with van der Waals surface area (Å²) in [5.41, 5.74) is 7.02. The Bertz CT molecular complexity index is 519. The summed E-state index contributed by atoms with van der Waals surface area (Å²) >= 11 is 4.78. The van der Waals surface area contributed by atoms with E-state index >= 15 is 0 Å². The molecule has 2 rings (SSSR count). The Morgan fingerprint density at radius 1 is 1.21 bits per heavy atom. The van der Waals surface area contributed by atoms with E-state index in [0.717, 1.165) is 0 Å². The molecule has 1 aliphatic rings. The zero-order chi connectivity index (χ0) is 14.4. The summed E-state index contributed by atoms with van der Waals surface area (Å²) in [4.78, 5) is 0. The van der Waals surface area contributed by atoms with Crippen LogP contribution in [0.3, 0.4) is 0 Å². The molecule has 1 heterocycles. The van der Waals surface area contributed by atoms with Crippen molar-refractivity contribution in [2.24, 2.45) is 4.36 Å². The van der Waals surface area contributed by atoms with Crippen molar-refractivity contribution in [1.29, 1.82) is 0 Å². The zero-order valence-electron chi connectivity index (χ0n) is 11.6. The molecule has 4 nitrogen and oxygen atoms in total. The summed E-state index contributed by atoms with van der Waals surface area (Å²) in [7, 11) is 5.21. The molecule has 1 aromatic carbocycles. The highest BCUT2D eigenvalue weighted by molar-refractivity contribution is 7.47. The van der Waals surface area contributed by atoms with E-state index in [1.165, 1.54) is 0 Å². The van der Waals surface area contributed by atoms with Crippen molar-refractivity contribution in [2.45, 2.75) is 38.9 Å². The van der Waals surface area contributed by atoms with Crippen molar-refractivity contribution in [1.82, 2.24) is 0 Å². The van der Waals surface area contributed by atoms with Crippen molar-refractivity contribution < 1.29 is 9.31 Å². The minimum Gasteiger partial charge on any atom is -0.399 e. The molecule has 1 saturated heterocycles. The van der Waals surface area contributed by atoms with Crippen molar-refractivity contribution in [2.75, 3.05) is 5.73 Å². The number of nitrogen functional groups attached to an aromatic ring is 1. The van der Waals surface area contributed by atoms with Crippen LogP contribution < -0.4 is 16.7 Å². The van der Waals surface area contributed by atoms with Crippen LogP contribution in [-0.2, 0) is 21.7 Å². The molecule has 0 aliphatic carbocycles. The van der Waals surface area contributed by atoms with E-state index in [0.29, 0.717) is 22.3 Å². The molecular formula is C12H16B2N2O2S. The average Bonchev–Trinajstić information content (AvgIpc) is 2.51. The first kappa shape index (κ1) is 14.5. The Morgan fingerprint density at radius 2 is 1.74 bits per heavy atom. The Kier molecular flexibility index (Phi) is 3.49. The lowest BCUT2D eigenvalue weighted by Crippen LogP contribution is -2.41. The van der Waals surface area contributed by atoms with Gasteiger partial charge in [0.25, 0.3) is 0 Å². The van der Waals surface area contributed by atoms with E-state index < -0.39 is 18.3 Å². The number of rotatable bonds is 2. The van der Waals surface area contributed by atoms with Crippen LogP contribution in [0.2, 0.25) is 0 Å². The molecule has 19 heavy (non-hydrogen) atoms. The van der Waals surface area contributed by atoms with Gasteiger partial charge in [0.15, 0.2) is 0 Å². The summed E-state index contributed by atoms with van der Waals surface area (Å²) in [6.07, 6.45) is 0. The van der Waals surface area contributed by atoms with Crippen LogP contribution in [0.4, 0.5) is 11.4 Å². The molecule has 0 unspecified atom stereocenters. The van der Waals surface area contributed by atoms with Gasteiger partial charge in [0.2, 0.25) is 0 Å². The van der Waals surface area contributed by atoms with E-state index in [9.17, 15) is 0 Å². The van der Waals surface area contributed by atoms with Crippen molar-refractivity contribution in [3.63, 3.8) is 0 Å². The second-order valence-corrected chi connectivity index (χ2v) is 5.87. The van der Waals surface area contributed by atoms with Gasteiger partial charge in [-0.15, -0.1) is 0 Å². The fourth-order valence-electron chi connectivity index (χ4n) is 1.90. The number of hydrogen-bond acceptors (Lipinski definition) is 5. The quantitative estimate of drug-likeness (QED) is 0.638. The molecule has 1 fully saturated rings. The Hall–Kier alpha value is -0.910. The minimum absolute atomic E-state index is 0.363. The highest BCUT2D eigenvalue weighted by Gasteiger charge is 2.52. The third kappa shape index (κ3) is 2.30. The lowest BCUT2D eigenvalue weighted by molar-refractivity contribution is 0.00578. The monoisotopic (exact) mass is 274 g/mol. The SMILES string of the molecule is [B]c1ccc(B2OC(C)(C)C(C)(C)O2)c(N=S)c1N. The topological polar surface area (TPSA) is 56.8 Å². The molecule has 98 valence electrons. The molecule has 0 aromatic heterocycles. The van der Waals surface area contributed by atoms with Gasteiger partial charge in [0, 0.05) is 17.9 Å². The summed E-state index contributed by atoms with van der Waals surface area (Å²) in [5.74, 6) is 0. The largest absolute Gasteiger partial charge is 0.497 e. The second-order valence-electron chi connectivity index (χ2n) is 5.69. The predicted octanol–water partition coefficient (Wildman–Crippen LogP) is 0.724. The molecule has 2 N–H and O–H groups in total. The van der Waals surface area contributed by atoms with Crippen LogP contribution in [0.1, 0.15) is 27.7 Å². The van der Waals surface area contributed by atoms with Crippen molar-refractivity contribution in [3.05, 3.63) is 12.1 Å². The smallest absolute Gasteiger partial charge is 0.399 e. The van der Waals surface area contributed by atoms with E-state index in [1.54, 1.807) is 12.1 Å². The highest BCUT2D eigenvalue weighted by atomic mass is 32.1. The van der Waals surface area contributed by atoms with Gasteiger partial charge in [-0.3, -0.25) is 0 Å². The molecule has 0 atom stereocenters. The van der Waals surface area contributed by atoms with Gasteiger partial charge in [-0.25, -0.2) is 0 Å². The maximum atomic E-state index is 5.96. The molecule has 7 heteroatoms. The Labute approximate surface area is 120 Å². The standard InChI is InChI=1S/C12H16B2N2O2S/c1-11(2)12(3,4)18-14(17-11)8-6-5-7(13)9(15)10(8)16-19/h5-6H,15H2,1-4H3. The van der Waals surface area contributed by atoms with Crippen LogP contribution in [0.5, 0.6) is 0 Å². The third-order valence-electron chi connectivity index (χ3n) is 3.88. The van der Waals surface area contributed by atoms with Gasteiger partial charge < -0.3 is 15.0 Å². The lowest BCUT2D eigenvalue weighted by atomic mass is 9.75. The predicted molar refractivity (Wildman–Crippen MR) is 81.4 cm³/mol. The van der Waals surface area contributed by atoms with Crippen LogP contribution in [-0.4, -0.2) is 26.2 Å². The summed E-state index contributed by atoms with van der Waals surface area (Å²) in [6, 6.07) is 3.50. The minimum atomic E-state index is -0.547. The summed E-state index contributed by atoms with van der Waals surface area (Å²) in [5, 5.41) is 0. The normalized spacial score (nSPS) is 20.5. The first-order valence-electron chi connectivity index (χ1n) is 6.06. The number of anilines is 1. The van der Waals surface area contributed by atoms with Crippen molar-refractivity contribution in [3.8, 4) is 0 Å². The summed E-state index contributed by atoms with van der Waals surface area (Å²) in [6.45, 7) is 7.94. The number of nitrogens with zero attached hydrogens (tertiary/aromatic N) is 1. The van der Waals surface area contributed by atoms with Gasteiger partial charge in [-0.05, 0) is 27.7 Å². The van der Waals surface area contributed by atoms with Gasteiger partial charge in [0.05, 0.1) is 22.6 Å². The average molecular weight is 274 g/mol. The fraction of sp³-hybridized carbons (Fsp3) is 0.500. The number of hydrogen-bond donors (Lipinski definition) is 1. The number of benzene rings is 1. The number of nitrogens with two attached hydrogens (primary N) is 1. The van der Waals surface area contributed by atoms with Gasteiger partial charge in [-0.2, -0.15) is 4.36 Å². The third-order valence-corrected chi connectivity index (χ3v) is 4.06. The molecule has 0 bridgehead atoms. The van der Waals surface area contributed by atoms with E-state index in [-0.39, 0.29) is 0 Å². The van der Waals surface area contributed by atoms with Crippen LogP contribution >= 0.6 is 0 Å². The Balaban J connectivity index is 2.46. The van der Waals surface area contributed by atoms with Gasteiger partial charge in [-0.1, -0.05) is 17.6 Å². The van der Waals surface area contributed by atoms with Crippen molar-refractivity contribution >= 4 is 49.7 Å². The maximum Gasteiger partial charge on any atom is 0.497 e.